The summed E-state index contributed by atoms with van der Waals surface area (Å²) in [6.07, 6.45) is 19.9. The van der Waals surface area contributed by atoms with Gasteiger partial charge in [-0.25, -0.2) is 0 Å². The molecule has 0 heterocycles. The van der Waals surface area contributed by atoms with Crippen molar-refractivity contribution >= 4 is 26.1 Å². The summed E-state index contributed by atoms with van der Waals surface area (Å²) in [5.41, 5.74) is 0. The van der Waals surface area contributed by atoms with Gasteiger partial charge in [0.1, 0.15) is 0 Å². The number of hydrogen-bond acceptors (Lipinski definition) is 5. The van der Waals surface area contributed by atoms with E-state index in [0.29, 0.717) is 6.42 Å². The molecule has 0 bridgehead atoms. The van der Waals surface area contributed by atoms with Gasteiger partial charge in [-0.15, -0.1) is 0 Å². The molecule has 0 radical (unpaired) electrons. The van der Waals surface area contributed by atoms with Crippen LogP contribution in [0.4, 0.5) is 0 Å². The van der Waals surface area contributed by atoms with Crippen LogP contribution in [0.3, 0.4) is 0 Å². The van der Waals surface area contributed by atoms with E-state index in [1.165, 1.54) is 70.6 Å². The third-order valence-corrected chi connectivity index (χ3v) is 7.99. The van der Waals surface area contributed by atoms with Crippen molar-refractivity contribution in [2.45, 2.75) is 154 Å². The minimum absolute atomic E-state index is 0.215. The Morgan fingerprint density at radius 3 is 1.40 bits per heavy atom. The fourth-order valence-electron chi connectivity index (χ4n) is 4.05. The number of hydrogen-bond donors (Lipinski definition) is 2. The Kier molecular flexibility index (Phi) is 23.1. The van der Waals surface area contributed by atoms with E-state index >= 15 is 0 Å². The zero-order valence-corrected chi connectivity index (χ0v) is 24.4. The molecule has 0 amide bonds. The molecule has 0 spiro atoms. The molecule has 0 aromatic carbocycles. The van der Waals surface area contributed by atoms with Crippen LogP contribution in [0.1, 0.15) is 142 Å². The summed E-state index contributed by atoms with van der Waals surface area (Å²) in [5.74, 6) is -0.900. The Labute approximate surface area is 217 Å². The first kappa shape index (κ1) is 34.2. The van der Waals surface area contributed by atoms with E-state index in [2.05, 4.69) is 13.8 Å². The van der Waals surface area contributed by atoms with Gasteiger partial charge in [-0.1, -0.05) is 46.0 Å². The molecule has 35 heavy (non-hydrogen) atoms. The van der Waals surface area contributed by atoms with Crippen LogP contribution in [0.25, 0.3) is 0 Å². The molecule has 0 saturated heterocycles. The van der Waals surface area contributed by atoms with E-state index in [1.807, 2.05) is 0 Å². The van der Waals surface area contributed by atoms with Crippen LogP contribution in [-0.4, -0.2) is 47.0 Å². The van der Waals surface area contributed by atoms with Gasteiger partial charge in [-0.2, -0.15) is 0 Å². The predicted molar refractivity (Wildman–Crippen MR) is 140 cm³/mol. The van der Waals surface area contributed by atoms with Crippen LogP contribution in [0, 0.1) is 0 Å². The SMILES string of the molecule is CCCCCCCCCCCC(=O)OC[C@H](C[As](=O)(O)O)OC(=O)CCCCCCCCCCC. The van der Waals surface area contributed by atoms with Crippen molar-refractivity contribution in [1.82, 2.24) is 0 Å². The maximum absolute atomic E-state index is 12.1. The Morgan fingerprint density at radius 2 is 1.00 bits per heavy atom. The van der Waals surface area contributed by atoms with Crippen molar-refractivity contribution in [1.29, 1.82) is 0 Å². The Balaban J connectivity index is 4.02. The van der Waals surface area contributed by atoms with E-state index in [9.17, 15) is 21.5 Å². The molecule has 0 aromatic heterocycles. The smallest absolute Gasteiger partial charge is 0.0654 e. The molecule has 0 fully saturated rings. The van der Waals surface area contributed by atoms with Gasteiger partial charge in [-0.05, 0) is 0 Å². The molecule has 8 heteroatoms. The summed E-state index contributed by atoms with van der Waals surface area (Å²) in [7, 11) is 0. The van der Waals surface area contributed by atoms with E-state index in [4.69, 9.17) is 9.47 Å². The van der Waals surface area contributed by atoms with E-state index in [-0.39, 0.29) is 19.4 Å². The van der Waals surface area contributed by atoms with Crippen molar-refractivity contribution in [3.05, 3.63) is 0 Å². The minimum Gasteiger partial charge on any atom is -0.0654 e. The summed E-state index contributed by atoms with van der Waals surface area (Å²) in [4.78, 5) is 24.1. The quantitative estimate of drug-likeness (QED) is 0.0727. The summed E-state index contributed by atoms with van der Waals surface area (Å²) >= 11 is -5.04. The van der Waals surface area contributed by atoms with Gasteiger partial charge in [0.25, 0.3) is 0 Å². The molecule has 2 N–H and O–H groups in total. The molecule has 0 unspecified atom stereocenters. The van der Waals surface area contributed by atoms with Gasteiger partial charge in [0, 0.05) is 0 Å². The van der Waals surface area contributed by atoms with Crippen LogP contribution in [0.2, 0.25) is 5.21 Å². The first-order valence-electron chi connectivity index (χ1n) is 14.2. The second-order valence-corrected chi connectivity index (χ2v) is 13.4. The van der Waals surface area contributed by atoms with Crippen molar-refractivity contribution < 1.29 is 31.0 Å². The van der Waals surface area contributed by atoms with Crippen molar-refractivity contribution in [3.63, 3.8) is 0 Å². The molecule has 208 valence electrons. The number of unbranched alkanes of at least 4 members (excludes halogenated alkanes) is 16. The molecule has 0 aliphatic carbocycles. The van der Waals surface area contributed by atoms with Gasteiger partial charge >= 0.3 is 171 Å². The second kappa shape index (κ2) is 23.6. The molecule has 0 saturated carbocycles. The average Bonchev–Trinajstić information content (AvgIpc) is 2.79. The Bertz CT molecular complexity index is 562. The Morgan fingerprint density at radius 1 is 0.629 bits per heavy atom. The first-order chi connectivity index (χ1) is 16.8. The van der Waals surface area contributed by atoms with Crippen molar-refractivity contribution in [2.24, 2.45) is 0 Å². The molecular weight excluding hydrogens is 511 g/mol. The third-order valence-electron chi connectivity index (χ3n) is 6.14. The third kappa shape index (κ3) is 26.1. The summed E-state index contributed by atoms with van der Waals surface area (Å²) in [5, 5.41) is -0.576. The van der Waals surface area contributed by atoms with Crippen LogP contribution >= 0.6 is 0 Å². The van der Waals surface area contributed by atoms with E-state index < -0.39 is 37.4 Å². The van der Waals surface area contributed by atoms with E-state index in [1.54, 1.807) is 0 Å². The minimum atomic E-state index is -5.04. The zero-order chi connectivity index (χ0) is 26.2. The average molecular weight is 565 g/mol. The number of carbonyl (C=O) groups is 2. The second-order valence-electron chi connectivity index (χ2n) is 9.80. The number of ether oxygens (including phenoxy) is 2. The maximum atomic E-state index is 12.1. The normalized spacial score (nSPS) is 12.5. The van der Waals surface area contributed by atoms with E-state index in [0.717, 1.165) is 38.5 Å². The van der Waals surface area contributed by atoms with Gasteiger partial charge in [0.15, 0.2) is 0 Å². The van der Waals surface area contributed by atoms with Crippen molar-refractivity contribution in [3.8, 4) is 0 Å². The number of rotatable bonds is 25. The van der Waals surface area contributed by atoms with Gasteiger partial charge in [0.2, 0.25) is 0 Å². The van der Waals surface area contributed by atoms with Crippen LogP contribution in [0.5, 0.6) is 0 Å². The molecule has 0 aliphatic heterocycles. The standard InChI is InChI=1S/C27H53AsO7/c1-3-5-7-9-11-13-15-17-19-21-26(29)34-24-25(23-28(31,32)33)35-27(30)22-20-18-16-14-12-10-8-6-4-2/h25H,3-24H2,1-2H3,(H2,31,32,33)/t25-/m0/s1. The zero-order valence-electron chi connectivity index (χ0n) is 22.5. The topological polar surface area (TPSA) is 110 Å². The summed E-state index contributed by atoms with van der Waals surface area (Å²) < 4.78 is 40.6. The molecular formula is C27H53AsO7. The molecule has 0 aromatic rings. The number of esters is 2. The van der Waals surface area contributed by atoms with Crippen LogP contribution < -0.4 is 0 Å². The van der Waals surface area contributed by atoms with Gasteiger partial charge < -0.3 is 0 Å². The summed E-state index contributed by atoms with van der Waals surface area (Å²) in [6.45, 7) is 4.11. The van der Waals surface area contributed by atoms with Gasteiger partial charge in [0.05, 0.1) is 0 Å². The molecule has 0 aliphatic rings. The van der Waals surface area contributed by atoms with Crippen LogP contribution in [0.15, 0.2) is 0 Å². The number of carbonyl (C=O) groups excluding carboxylic acids is 2. The monoisotopic (exact) mass is 564 g/mol. The Hall–Kier alpha value is -0.782. The predicted octanol–water partition coefficient (Wildman–Crippen LogP) is 6.64. The van der Waals surface area contributed by atoms with Crippen molar-refractivity contribution in [2.75, 3.05) is 6.61 Å². The molecule has 1 atom stereocenters. The van der Waals surface area contributed by atoms with Gasteiger partial charge in [-0.3, -0.25) is 0 Å². The fourth-order valence-corrected chi connectivity index (χ4v) is 5.54. The van der Waals surface area contributed by atoms with Crippen LogP contribution in [-0.2, 0) is 22.8 Å². The molecule has 0 rings (SSSR count). The fraction of sp³-hybridized carbons (Fsp3) is 0.926. The first-order valence-corrected chi connectivity index (χ1v) is 17.9. The molecule has 7 nitrogen and oxygen atoms in total. The summed E-state index contributed by atoms with van der Waals surface area (Å²) in [6, 6.07) is 0.